The Bertz CT molecular complexity index is 538. The summed E-state index contributed by atoms with van der Waals surface area (Å²) in [7, 11) is 0. The fourth-order valence-electron chi connectivity index (χ4n) is 1.33. The number of hydrogen-bond donors (Lipinski definition) is 1. The van der Waals surface area contributed by atoms with Crippen molar-refractivity contribution in [3.05, 3.63) is 33.5 Å². The minimum Gasteiger partial charge on any atom is -0.369 e. The van der Waals surface area contributed by atoms with Crippen molar-refractivity contribution in [3.63, 3.8) is 0 Å². The SMILES string of the molecule is CCNc1nc(-n2cc(Cl)cn2)c(Cl)cc1Cl. The molecule has 0 aromatic carbocycles. The van der Waals surface area contributed by atoms with Crippen LogP contribution in [0, 0.1) is 0 Å². The van der Waals surface area contributed by atoms with Gasteiger partial charge in [-0.1, -0.05) is 34.8 Å². The average molecular weight is 292 g/mol. The highest BCUT2D eigenvalue weighted by atomic mass is 35.5. The lowest BCUT2D eigenvalue weighted by Crippen LogP contribution is -2.05. The molecule has 0 saturated heterocycles. The Hall–Kier alpha value is -0.970. The van der Waals surface area contributed by atoms with Crippen molar-refractivity contribution >= 4 is 40.6 Å². The normalized spacial score (nSPS) is 10.6. The molecule has 0 radical (unpaired) electrons. The minimum absolute atomic E-state index is 0.413. The standard InChI is InChI=1S/C10H9Cl3N4/c1-2-14-9-7(12)3-8(13)10(16-9)17-5-6(11)4-15-17/h3-5H,2H2,1H3,(H,14,16). The number of aromatic nitrogens is 3. The van der Waals surface area contributed by atoms with Gasteiger partial charge >= 0.3 is 0 Å². The van der Waals surface area contributed by atoms with Crippen LogP contribution in [-0.2, 0) is 0 Å². The Kier molecular flexibility index (Phi) is 3.76. The molecule has 0 aliphatic rings. The quantitative estimate of drug-likeness (QED) is 0.938. The lowest BCUT2D eigenvalue weighted by Gasteiger charge is -2.09. The number of rotatable bonds is 3. The minimum atomic E-state index is 0.413. The molecule has 4 nitrogen and oxygen atoms in total. The molecular weight excluding hydrogens is 282 g/mol. The Morgan fingerprint density at radius 3 is 2.65 bits per heavy atom. The highest BCUT2D eigenvalue weighted by Gasteiger charge is 2.11. The number of hydrogen-bond acceptors (Lipinski definition) is 3. The van der Waals surface area contributed by atoms with Gasteiger partial charge < -0.3 is 5.32 Å². The van der Waals surface area contributed by atoms with E-state index in [1.165, 1.54) is 10.9 Å². The van der Waals surface area contributed by atoms with E-state index in [1.54, 1.807) is 12.3 Å². The van der Waals surface area contributed by atoms with Gasteiger partial charge in [-0.2, -0.15) is 5.10 Å². The first kappa shape index (κ1) is 12.5. The third-order valence-electron chi connectivity index (χ3n) is 2.02. The molecule has 90 valence electrons. The molecule has 2 heterocycles. The van der Waals surface area contributed by atoms with E-state index in [-0.39, 0.29) is 0 Å². The summed E-state index contributed by atoms with van der Waals surface area (Å²) in [4.78, 5) is 4.31. The van der Waals surface area contributed by atoms with E-state index in [9.17, 15) is 0 Å². The van der Waals surface area contributed by atoms with Crippen LogP contribution in [0.2, 0.25) is 15.1 Å². The van der Waals surface area contributed by atoms with Crippen molar-refractivity contribution in [3.8, 4) is 5.82 Å². The Labute approximate surface area is 114 Å². The molecule has 0 aliphatic heterocycles. The van der Waals surface area contributed by atoms with E-state index in [2.05, 4.69) is 15.4 Å². The van der Waals surface area contributed by atoms with Gasteiger partial charge in [-0.15, -0.1) is 0 Å². The highest BCUT2D eigenvalue weighted by molar-refractivity contribution is 6.36. The molecule has 0 bridgehead atoms. The lowest BCUT2D eigenvalue weighted by atomic mass is 10.4. The molecule has 0 aliphatic carbocycles. The molecule has 0 amide bonds. The van der Waals surface area contributed by atoms with Gasteiger partial charge in [-0.05, 0) is 13.0 Å². The van der Waals surface area contributed by atoms with Crippen molar-refractivity contribution in [1.29, 1.82) is 0 Å². The molecule has 17 heavy (non-hydrogen) atoms. The van der Waals surface area contributed by atoms with Crippen LogP contribution in [0.3, 0.4) is 0 Å². The van der Waals surface area contributed by atoms with Crippen LogP contribution in [0.5, 0.6) is 0 Å². The number of nitrogens with one attached hydrogen (secondary N) is 1. The number of nitrogens with zero attached hydrogens (tertiary/aromatic N) is 3. The first-order valence-electron chi connectivity index (χ1n) is 4.92. The van der Waals surface area contributed by atoms with Crippen LogP contribution in [-0.4, -0.2) is 21.3 Å². The molecule has 1 N–H and O–H groups in total. The molecule has 0 unspecified atom stereocenters. The van der Waals surface area contributed by atoms with Crippen LogP contribution in [0.4, 0.5) is 5.82 Å². The molecule has 0 saturated carbocycles. The predicted molar refractivity (Wildman–Crippen MR) is 70.6 cm³/mol. The Morgan fingerprint density at radius 2 is 2.06 bits per heavy atom. The summed E-state index contributed by atoms with van der Waals surface area (Å²) in [6.07, 6.45) is 3.14. The number of pyridine rings is 1. The predicted octanol–water partition coefficient (Wildman–Crippen LogP) is 3.66. The van der Waals surface area contributed by atoms with E-state index in [0.29, 0.717) is 33.2 Å². The maximum absolute atomic E-state index is 6.07. The Morgan fingerprint density at radius 1 is 1.29 bits per heavy atom. The summed E-state index contributed by atoms with van der Waals surface area (Å²) in [5.74, 6) is 1.05. The summed E-state index contributed by atoms with van der Waals surface area (Å²) in [5, 5.41) is 8.49. The van der Waals surface area contributed by atoms with Gasteiger partial charge in [0.1, 0.15) is 5.82 Å². The zero-order valence-corrected chi connectivity index (χ0v) is 11.2. The zero-order valence-electron chi connectivity index (χ0n) is 8.91. The van der Waals surface area contributed by atoms with Gasteiger partial charge in [0.05, 0.1) is 27.5 Å². The molecule has 0 atom stereocenters. The highest BCUT2D eigenvalue weighted by Crippen LogP contribution is 2.28. The fourth-order valence-corrected chi connectivity index (χ4v) is 1.97. The summed E-state index contributed by atoms with van der Waals surface area (Å²) in [6.45, 7) is 2.67. The van der Waals surface area contributed by atoms with Gasteiger partial charge in [0.25, 0.3) is 0 Å². The molecule has 2 rings (SSSR count). The molecule has 0 fully saturated rings. The smallest absolute Gasteiger partial charge is 0.174 e. The average Bonchev–Trinajstić information content (AvgIpc) is 2.69. The van der Waals surface area contributed by atoms with Crippen LogP contribution < -0.4 is 5.32 Å². The molecule has 0 spiro atoms. The van der Waals surface area contributed by atoms with E-state index in [4.69, 9.17) is 34.8 Å². The van der Waals surface area contributed by atoms with E-state index < -0.39 is 0 Å². The third kappa shape index (κ3) is 2.65. The third-order valence-corrected chi connectivity index (χ3v) is 2.78. The maximum Gasteiger partial charge on any atom is 0.174 e. The van der Waals surface area contributed by atoms with Crippen molar-refractivity contribution in [1.82, 2.24) is 14.8 Å². The maximum atomic E-state index is 6.07. The van der Waals surface area contributed by atoms with E-state index in [0.717, 1.165) is 0 Å². The Balaban J connectivity index is 2.50. The van der Waals surface area contributed by atoms with Crippen molar-refractivity contribution in [2.24, 2.45) is 0 Å². The molecular formula is C10H9Cl3N4. The fraction of sp³-hybridized carbons (Fsp3) is 0.200. The van der Waals surface area contributed by atoms with Gasteiger partial charge in [0, 0.05) is 6.54 Å². The van der Waals surface area contributed by atoms with E-state index >= 15 is 0 Å². The van der Waals surface area contributed by atoms with Gasteiger partial charge in [0.2, 0.25) is 0 Å². The summed E-state index contributed by atoms with van der Waals surface area (Å²) < 4.78 is 1.50. The summed E-state index contributed by atoms with van der Waals surface area (Å²) in [5.41, 5.74) is 0. The van der Waals surface area contributed by atoms with Crippen molar-refractivity contribution in [2.75, 3.05) is 11.9 Å². The van der Waals surface area contributed by atoms with Crippen LogP contribution in [0.1, 0.15) is 6.92 Å². The van der Waals surface area contributed by atoms with Gasteiger partial charge in [-0.25, -0.2) is 9.67 Å². The molecule has 2 aromatic rings. The second kappa shape index (κ2) is 5.12. The van der Waals surface area contributed by atoms with Gasteiger partial charge in [-0.3, -0.25) is 0 Å². The van der Waals surface area contributed by atoms with Crippen molar-refractivity contribution < 1.29 is 0 Å². The van der Waals surface area contributed by atoms with Crippen LogP contribution >= 0.6 is 34.8 Å². The topological polar surface area (TPSA) is 42.7 Å². The largest absolute Gasteiger partial charge is 0.369 e. The first-order chi connectivity index (χ1) is 8.11. The van der Waals surface area contributed by atoms with Crippen LogP contribution in [0.15, 0.2) is 18.5 Å². The second-order valence-corrected chi connectivity index (χ2v) is 4.51. The van der Waals surface area contributed by atoms with E-state index in [1.807, 2.05) is 6.92 Å². The van der Waals surface area contributed by atoms with Gasteiger partial charge in [0.15, 0.2) is 5.82 Å². The summed E-state index contributed by atoms with van der Waals surface area (Å²) in [6, 6.07) is 1.62. The molecule has 2 aromatic heterocycles. The van der Waals surface area contributed by atoms with Crippen molar-refractivity contribution in [2.45, 2.75) is 6.92 Å². The van der Waals surface area contributed by atoms with Crippen LogP contribution in [0.25, 0.3) is 5.82 Å². The number of anilines is 1. The summed E-state index contributed by atoms with van der Waals surface area (Å²) >= 11 is 17.9. The zero-order chi connectivity index (χ0) is 12.4. The second-order valence-electron chi connectivity index (χ2n) is 3.26. The monoisotopic (exact) mass is 290 g/mol. The lowest BCUT2D eigenvalue weighted by molar-refractivity contribution is 0.847. The molecule has 7 heteroatoms. The number of halogens is 3. The first-order valence-corrected chi connectivity index (χ1v) is 6.05.